The lowest BCUT2D eigenvalue weighted by Crippen LogP contribution is -2.38. The third-order valence-electron chi connectivity index (χ3n) is 3.53. The molecule has 0 fully saturated rings. The molecular weight excluding hydrogens is 323 g/mol. The molecule has 0 saturated heterocycles. The van der Waals surface area contributed by atoms with Crippen LogP contribution in [0, 0.1) is 0 Å². The number of hydrogen-bond donors (Lipinski definition) is 1. The van der Waals surface area contributed by atoms with E-state index in [1.807, 2.05) is 12.1 Å². The first-order valence-corrected chi connectivity index (χ1v) is 7.87. The molecule has 0 aromatic heterocycles. The number of thiocarbonyl (C=S) groups is 1. The maximum absolute atomic E-state index is 6.00. The van der Waals surface area contributed by atoms with Crippen molar-refractivity contribution in [2.24, 2.45) is 0 Å². The van der Waals surface area contributed by atoms with Gasteiger partial charge >= 0.3 is 0 Å². The molecule has 21 heavy (non-hydrogen) atoms. The third-order valence-corrected chi connectivity index (χ3v) is 4.33. The topological polar surface area (TPSA) is 15.3 Å². The second-order valence-corrected chi connectivity index (χ2v) is 6.29. The zero-order valence-corrected chi connectivity index (χ0v) is 13.6. The lowest BCUT2D eigenvalue weighted by atomic mass is 10.0. The van der Waals surface area contributed by atoms with Crippen LogP contribution in [0.15, 0.2) is 42.5 Å². The highest BCUT2D eigenvalue weighted by Crippen LogP contribution is 2.24. The molecule has 1 aliphatic rings. The summed E-state index contributed by atoms with van der Waals surface area (Å²) in [4.78, 5) is 2.16. The van der Waals surface area contributed by atoms with Crippen LogP contribution in [0.1, 0.15) is 11.1 Å². The number of fused-ring (bicyclic) bond motifs is 1. The molecule has 0 spiro atoms. The molecule has 0 atom stereocenters. The first kappa shape index (κ1) is 14.6. The predicted molar refractivity (Wildman–Crippen MR) is 93.2 cm³/mol. The Labute approximate surface area is 139 Å². The number of halogens is 2. The summed E-state index contributed by atoms with van der Waals surface area (Å²) in [5, 5.41) is 5.10. The molecule has 0 bridgehead atoms. The molecule has 108 valence electrons. The second-order valence-electron chi connectivity index (χ2n) is 5.03. The molecule has 2 aromatic carbocycles. The maximum atomic E-state index is 6.00. The van der Waals surface area contributed by atoms with Gasteiger partial charge in [0.15, 0.2) is 5.11 Å². The van der Waals surface area contributed by atoms with Crippen molar-refractivity contribution in [3.8, 4) is 0 Å². The van der Waals surface area contributed by atoms with Crippen molar-refractivity contribution >= 4 is 46.2 Å². The molecule has 0 amide bonds. The van der Waals surface area contributed by atoms with Crippen LogP contribution in [0.3, 0.4) is 0 Å². The number of benzene rings is 2. The molecule has 2 aromatic rings. The van der Waals surface area contributed by atoms with Crippen molar-refractivity contribution < 1.29 is 0 Å². The molecule has 1 heterocycles. The molecule has 1 aliphatic heterocycles. The Hall–Kier alpha value is -1.29. The molecule has 0 saturated carbocycles. The Morgan fingerprint density at radius 3 is 2.43 bits per heavy atom. The van der Waals surface area contributed by atoms with E-state index in [1.165, 1.54) is 11.1 Å². The lowest BCUT2D eigenvalue weighted by molar-refractivity contribution is 0.399. The normalized spacial score (nSPS) is 13.7. The van der Waals surface area contributed by atoms with Crippen molar-refractivity contribution in [1.82, 2.24) is 4.90 Å². The fourth-order valence-corrected chi connectivity index (χ4v) is 3.30. The van der Waals surface area contributed by atoms with Gasteiger partial charge in [-0.15, -0.1) is 0 Å². The van der Waals surface area contributed by atoms with Gasteiger partial charge in [-0.25, -0.2) is 0 Å². The second kappa shape index (κ2) is 6.22. The molecule has 0 aliphatic carbocycles. The van der Waals surface area contributed by atoms with Crippen molar-refractivity contribution in [3.05, 3.63) is 63.6 Å². The monoisotopic (exact) mass is 336 g/mol. The average molecular weight is 337 g/mol. The van der Waals surface area contributed by atoms with Crippen molar-refractivity contribution in [2.75, 3.05) is 11.9 Å². The predicted octanol–water partition coefficient (Wildman–Crippen LogP) is 4.75. The Bertz CT molecular complexity index is 667. The van der Waals surface area contributed by atoms with Gasteiger partial charge < -0.3 is 10.2 Å². The van der Waals surface area contributed by atoms with Crippen LogP contribution < -0.4 is 5.32 Å². The number of anilines is 1. The minimum atomic E-state index is 0.594. The van der Waals surface area contributed by atoms with E-state index in [1.54, 1.807) is 6.07 Å². The van der Waals surface area contributed by atoms with Crippen molar-refractivity contribution in [3.63, 3.8) is 0 Å². The van der Waals surface area contributed by atoms with Gasteiger partial charge in [0.05, 0.1) is 0 Å². The number of nitrogens with one attached hydrogen (secondary N) is 1. The molecule has 5 heteroatoms. The summed E-state index contributed by atoms with van der Waals surface area (Å²) < 4.78 is 0. The van der Waals surface area contributed by atoms with Gasteiger partial charge in [0.1, 0.15) is 0 Å². The van der Waals surface area contributed by atoms with E-state index in [0.29, 0.717) is 15.2 Å². The number of nitrogens with zero attached hydrogens (tertiary/aromatic N) is 1. The van der Waals surface area contributed by atoms with Crippen LogP contribution in [0.25, 0.3) is 0 Å². The third kappa shape index (κ3) is 3.49. The molecule has 3 rings (SSSR count). The highest BCUT2D eigenvalue weighted by molar-refractivity contribution is 7.80. The first-order valence-electron chi connectivity index (χ1n) is 6.70. The summed E-state index contributed by atoms with van der Waals surface area (Å²) in [6.07, 6.45) is 1.01. The van der Waals surface area contributed by atoms with E-state index in [-0.39, 0.29) is 0 Å². The lowest BCUT2D eigenvalue weighted by Gasteiger charge is -2.31. The highest BCUT2D eigenvalue weighted by atomic mass is 35.5. The van der Waals surface area contributed by atoms with Gasteiger partial charge in [0.2, 0.25) is 0 Å². The van der Waals surface area contributed by atoms with Gasteiger partial charge in [0.25, 0.3) is 0 Å². The Morgan fingerprint density at radius 2 is 1.71 bits per heavy atom. The Balaban J connectivity index is 1.72. The maximum Gasteiger partial charge on any atom is 0.173 e. The molecular formula is C16H14Cl2N2S. The van der Waals surface area contributed by atoms with E-state index in [0.717, 1.165) is 25.2 Å². The average Bonchev–Trinajstić information content (AvgIpc) is 2.45. The van der Waals surface area contributed by atoms with Crippen molar-refractivity contribution in [1.29, 1.82) is 0 Å². The van der Waals surface area contributed by atoms with Crippen LogP contribution in [0.2, 0.25) is 10.0 Å². The van der Waals surface area contributed by atoms with Gasteiger partial charge in [-0.1, -0.05) is 47.5 Å². The van der Waals surface area contributed by atoms with Crippen LogP contribution in [0.5, 0.6) is 0 Å². The zero-order valence-electron chi connectivity index (χ0n) is 11.3. The van der Waals surface area contributed by atoms with Crippen LogP contribution in [0.4, 0.5) is 5.69 Å². The summed E-state index contributed by atoms with van der Waals surface area (Å²) >= 11 is 17.5. The smallest absolute Gasteiger partial charge is 0.173 e. The SMILES string of the molecule is S=C(Nc1cc(Cl)cc(Cl)c1)N1CCc2ccccc2C1. The summed E-state index contributed by atoms with van der Waals surface area (Å²) in [5.74, 6) is 0. The fourth-order valence-electron chi connectivity index (χ4n) is 2.50. The summed E-state index contributed by atoms with van der Waals surface area (Å²) in [6.45, 7) is 1.74. The van der Waals surface area contributed by atoms with E-state index in [9.17, 15) is 0 Å². The van der Waals surface area contributed by atoms with E-state index >= 15 is 0 Å². The minimum absolute atomic E-state index is 0.594. The number of hydrogen-bond acceptors (Lipinski definition) is 1. The van der Waals surface area contributed by atoms with E-state index in [2.05, 4.69) is 34.5 Å². The quantitative estimate of drug-likeness (QED) is 0.756. The van der Waals surface area contributed by atoms with Gasteiger partial charge in [-0.2, -0.15) is 0 Å². The van der Waals surface area contributed by atoms with E-state index < -0.39 is 0 Å². The van der Waals surface area contributed by atoms with Gasteiger partial charge in [-0.3, -0.25) is 0 Å². The van der Waals surface area contributed by atoms with E-state index in [4.69, 9.17) is 35.4 Å². The molecule has 0 radical (unpaired) electrons. The first-order chi connectivity index (χ1) is 10.1. The Kier molecular flexibility index (Phi) is 4.34. The van der Waals surface area contributed by atoms with Crippen LogP contribution in [-0.4, -0.2) is 16.6 Å². The molecule has 0 unspecified atom stereocenters. The summed E-state index contributed by atoms with van der Waals surface area (Å²) in [7, 11) is 0. The van der Waals surface area contributed by atoms with Crippen molar-refractivity contribution in [2.45, 2.75) is 13.0 Å². The Morgan fingerprint density at radius 1 is 1.05 bits per heavy atom. The van der Waals surface area contributed by atoms with Gasteiger partial charge in [0, 0.05) is 28.8 Å². The fraction of sp³-hybridized carbons (Fsp3) is 0.188. The summed E-state index contributed by atoms with van der Waals surface area (Å²) in [5.41, 5.74) is 3.55. The molecule has 2 nitrogen and oxygen atoms in total. The number of rotatable bonds is 1. The molecule has 1 N–H and O–H groups in total. The summed E-state index contributed by atoms with van der Waals surface area (Å²) in [6, 6.07) is 13.8. The van der Waals surface area contributed by atoms with Crippen LogP contribution >= 0.6 is 35.4 Å². The minimum Gasteiger partial charge on any atom is -0.344 e. The van der Waals surface area contributed by atoms with Gasteiger partial charge in [-0.05, 0) is 48.0 Å². The standard InChI is InChI=1S/C16H14Cl2N2S/c17-13-7-14(18)9-15(8-13)19-16(21)20-6-5-11-3-1-2-4-12(11)10-20/h1-4,7-9H,5-6,10H2,(H,19,21). The zero-order chi connectivity index (χ0) is 14.8. The van der Waals surface area contributed by atoms with Crippen LogP contribution in [-0.2, 0) is 13.0 Å². The largest absolute Gasteiger partial charge is 0.344 e. The highest BCUT2D eigenvalue weighted by Gasteiger charge is 2.18.